The van der Waals surface area contributed by atoms with Crippen molar-refractivity contribution in [2.75, 3.05) is 25.1 Å². The molecule has 5 heteroatoms. The summed E-state index contributed by atoms with van der Waals surface area (Å²) >= 11 is 0. The highest BCUT2D eigenvalue weighted by Gasteiger charge is 2.25. The Kier molecular flexibility index (Phi) is 4.34. The molecule has 14 heavy (non-hydrogen) atoms. The molecule has 0 aromatic carbocycles. The molecule has 1 aliphatic carbocycles. The van der Waals surface area contributed by atoms with E-state index in [0.29, 0.717) is 25.0 Å². The van der Waals surface area contributed by atoms with Crippen LogP contribution in [0, 0.1) is 5.92 Å². The Bertz CT molecular complexity index is 264. The number of hydrogen-bond donors (Lipinski definition) is 2. The van der Waals surface area contributed by atoms with Crippen molar-refractivity contribution in [3.63, 3.8) is 0 Å². The molecule has 0 aromatic heterocycles. The molecule has 1 aliphatic rings. The van der Waals surface area contributed by atoms with Crippen molar-refractivity contribution in [3.8, 4) is 0 Å². The Morgan fingerprint density at radius 2 is 2.14 bits per heavy atom. The molecule has 84 valence electrons. The number of rotatable bonds is 5. The highest BCUT2D eigenvalue weighted by Crippen LogP contribution is 2.24. The molecular formula is C9H20N2O2S. The zero-order valence-corrected chi connectivity index (χ0v) is 9.52. The quantitative estimate of drug-likeness (QED) is 0.670. The fourth-order valence-electron chi connectivity index (χ4n) is 2.02. The fraction of sp³-hybridized carbons (Fsp3) is 1.00. The summed E-state index contributed by atoms with van der Waals surface area (Å²) in [6.45, 7) is 1.26. The lowest BCUT2D eigenvalue weighted by Gasteiger charge is -2.18. The minimum Gasteiger partial charge on any atom is -0.330 e. The third-order valence-electron chi connectivity index (χ3n) is 2.84. The van der Waals surface area contributed by atoms with Gasteiger partial charge in [0.2, 0.25) is 0 Å². The van der Waals surface area contributed by atoms with E-state index in [2.05, 4.69) is 5.32 Å². The summed E-state index contributed by atoms with van der Waals surface area (Å²) in [5.41, 5.74) is 5.62. The van der Waals surface area contributed by atoms with E-state index < -0.39 is 9.84 Å². The van der Waals surface area contributed by atoms with E-state index in [1.165, 1.54) is 19.1 Å². The van der Waals surface area contributed by atoms with Gasteiger partial charge in [-0.2, -0.15) is 0 Å². The van der Waals surface area contributed by atoms with Crippen LogP contribution in [0.2, 0.25) is 0 Å². The van der Waals surface area contributed by atoms with E-state index in [-0.39, 0.29) is 5.75 Å². The van der Waals surface area contributed by atoms with Gasteiger partial charge in [-0.3, -0.25) is 0 Å². The first-order valence-electron chi connectivity index (χ1n) is 5.14. The first-order chi connectivity index (χ1) is 6.53. The average molecular weight is 220 g/mol. The summed E-state index contributed by atoms with van der Waals surface area (Å²) in [4.78, 5) is 0. The van der Waals surface area contributed by atoms with Crippen LogP contribution in [0.25, 0.3) is 0 Å². The molecule has 3 N–H and O–H groups in total. The van der Waals surface area contributed by atoms with Gasteiger partial charge in [0.05, 0.1) is 5.75 Å². The molecule has 0 amide bonds. The predicted molar refractivity (Wildman–Crippen MR) is 57.9 cm³/mol. The van der Waals surface area contributed by atoms with Gasteiger partial charge in [-0.15, -0.1) is 0 Å². The first-order valence-corrected chi connectivity index (χ1v) is 7.20. The predicted octanol–water partition coefficient (Wildman–Crippen LogP) is -0.252. The van der Waals surface area contributed by atoms with Crippen molar-refractivity contribution in [1.29, 1.82) is 0 Å². The highest BCUT2D eigenvalue weighted by atomic mass is 32.2. The second-order valence-electron chi connectivity index (χ2n) is 4.12. The molecule has 1 saturated carbocycles. The van der Waals surface area contributed by atoms with E-state index >= 15 is 0 Å². The summed E-state index contributed by atoms with van der Waals surface area (Å²) in [5.74, 6) is 0.760. The third kappa shape index (κ3) is 3.94. The maximum atomic E-state index is 10.9. The molecule has 0 spiro atoms. The Balaban J connectivity index is 2.24. The summed E-state index contributed by atoms with van der Waals surface area (Å²) in [5, 5.41) is 3.28. The van der Waals surface area contributed by atoms with Crippen LogP contribution in [0.5, 0.6) is 0 Å². The molecule has 0 radical (unpaired) electrons. The molecular weight excluding hydrogens is 200 g/mol. The normalized spacial score (nSPS) is 28.1. The third-order valence-corrected chi connectivity index (χ3v) is 3.79. The van der Waals surface area contributed by atoms with Crippen LogP contribution in [0.3, 0.4) is 0 Å². The van der Waals surface area contributed by atoms with Crippen molar-refractivity contribution in [1.82, 2.24) is 5.32 Å². The summed E-state index contributed by atoms with van der Waals surface area (Å²) in [6, 6.07) is 0.432. The van der Waals surface area contributed by atoms with Crippen molar-refractivity contribution in [2.24, 2.45) is 11.7 Å². The van der Waals surface area contributed by atoms with E-state index in [4.69, 9.17) is 5.73 Å². The number of hydrogen-bond acceptors (Lipinski definition) is 4. The fourth-order valence-corrected chi connectivity index (χ4v) is 2.51. The molecule has 1 rings (SSSR count). The molecule has 0 aromatic rings. The van der Waals surface area contributed by atoms with E-state index in [0.717, 1.165) is 6.42 Å². The van der Waals surface area contributed by atoms with Crippen LogP contribution in [0.1, 0.15) is 19.3 Å². The molecule has 0 saturated heterocycles. The zero-order valence-electron chi connectivity index (χ0n) is 8.70. The first kappa shape index (κ1) is 11.9. The van der Waals surface area contributed by atoms with Crippen LogP contribution < -0.4 is 11.1 Å². The summed E-state index contributed by atoms with van der Waals surface area (Å²) in [6.07, 6.45) is 4.78. The van der Waals surface area contributed by atoms with Crippen LogP contribution >= 0.6 is 0 Å². The highest BCUT2D eigenvalue weighted by molar-refractivity contribution is 7.90. The standard InChI is InChI=1S/C9H20N2O2S/c1-14(12,13)6-5-11-9-4-2-3-8(9)7-10/h8-9,11H,2-7,10H2,1H3. The van der Waals surface area contributed by atoms with E-state index in [1.807, 2.05) is 0 Å². The Morgan fingerprint density at radius 3 is 2.71 bits per heavy atom. The largest absolute Gasteiger partial charge is 0.330 e. The molecule has 0 bridgehead atoms. The molecule has 0 aliphatic heterocycles. The minimum atomic E-state index is -2.83. The lowest BCUT2D eigenvalue weighted by molar-refractivity contribution is 0.416. The number of nitrogens with two attached hydrogens (primary N) is 1. The van der Waals surface area contributed by atoms with Crippen LogP contribution in [0.4, 0.5) is 0 Å². The zero-order chi connectivity index (χ0) is 10.6. The van der Waals surface area contributed by atoms with E-state index in [9.17, 15) is 8.42 Å². The Hall–Kier alpha value is -0.130. The minimum absolute atomic E-state index is 0.223. The van der Waals surface area contributed by atoms with Crippen LogP contribution in [-0.2, 0) is 9.84 Å². The van der Waals surface area contributed by atoms with Crippen molar-refractivity contribution < 1.29 is 8.42 Å². The van der Waals surface area contributed by atoms with Gasteiger partial charge in [-0.25, -0.2) is 8.42 Å². The van der Waals surface area contributed by atoms with Gasteiger partial charge in [0, 0.05) is 18.8 Å². The molecule has 0 heterocycles. The molecule has 2 atom stereocenters. The Morgan fingerprint density at radius 1 is 1.43 bits per heavy atom. The molecule has 1 fully saturated rings. The lowest BCUT2D eigenvalue weighted by Crippen LogP contribution is -2.38. The SMILES string of the molecule is CS(=O)(=O)CCNC1CCCC1CN. The van der Waals surface area contributed by atoms with Gasteiger partial charge in [0.1, 0.15) is 9.84 Å². The monoisotopic (exact) mass is 220 g/mol. The maximum absolute atomic E-state index is 10.9. The average Bonchev–Trinajstić information content (AvgIpc) is 2.49. The van der Waals surface area contributed by atoms with Gasteiger partial charge < -0.3 is 11.1 Å². The van der Waals surface area contributed by atoms with Crippen LogP contribution in [-0.4, -0.2) is 39.6 Å². The summed E-state index contributed by atoms with van der Waals surface area (Å²) in [7, 11) is -2.83. The van der Waals surface area contributed by atoms with Gasteiger partial charge in [-0.05, 0) is 25.3 Å². The second kappa shape index (κ2) is 5.09. The van der Waals surface area contributed by atoms with Gasteiger partial charge in [0.25, 0.3) is 0 Å². The van der Waals surface area contributed by atoms with Crippen molar-refractivity contribution >= 4 is 9.84 Å². The topological polar surface area (TPSA) is 72.2 Å². The molecule has 4 nitrogen and oxygen atoms in total. The van der Waals surface area contributed by atoms with Crippen molar-refractivity contribution in [2.45, 2.75) is 25.3 Å². The molecule has 2 unspecified atom stereocenters. The van der Waals surface area contributed by atoms with Gasteiger partial charge >= 0.3 is 0 Å². The summed E-state index contributed by atoms with van der Waals surface area (Å²) < 4.78 is 21.8. The van der Waals surface area contributed by atoms with Gasteiger partial charge in [-0.1, -0.05) is 6.42 Å². The van der Waals surface area contributed by atoms with Gasteiger partial charge in [0.15, 0.2) is 0 Å². The maximum Gasteiger partial charge on any atom is 0.148 e. The smallest absolute Gasteiger partial charge is 0.148 e. The van der Waals surface area contributed by atoms with E-state index in [1.54, 1.807) is 0 Å². The lowest BCUT2D eigenvalue weighted by atomic mass is 10.0. The number of sulfone groups is 1. The van der Waals surface area contributed by atoms with Crippen LogP contribution in [0.15, 0.2) is 0 Å². The number of nitrogens with one attached hydrogen (secondary N) is 1. The second-order valence-corrected chi connectivity index (χ2v) is 6.38. The Labute approximate surface area is 86.2 Å². The van der Waals surface area contributed by atoms with Crippen molar-refractivity contribution in [3.05, 3.63) is 0 Å².